The number of methoxy groups -OCH3 is 1. The van der Waals surface area contributed by atoms with E-state index in [9.17, 15) is 9.59 Å². The van der Waals surface area contributed by atoms with Gasteiger partial charge in [-0.1, -0.05) is 24.4 Å². The largest absolute Gasteiger partial charge is 0.495 e. The van der Waals surface area contributed by atoms with Crippen LogP contribution < -0.4 is 15.4 Å². The van der Waals surface area contributed by atoms with E-state index in [1.807, 2.05) is 0 Å². The molecule has 1 aromatic carbocycles. The van der Waals surface area contributed by atoms with Gasteiger partial charge < -0.3 is 15.4 Å². The van der Waals surface area contributed by atoms with Crippen LogP contribution in [0.3, 0.4) is 0 Å². The zero-order valence-corrected chi connectivity index (χ0v) is 13.6. The Kier molecular flexibility index (Phi) is 5.66. The third-order valence-electron chi connectivity index (χ3n) is 3.93. The highest BCUT2D eigenvalue weighted by Gasteiger charge is 2.31. The summed E-state index contributed by atoms with van der Waals surface area (Å²) in [5.41, 5.74) is 0.508. The van der Waals surface area contributed by atoms with Gasteiger partial charge in [0.2, 0.25) is 11.8 Å². The van der Waals surface area contributed by atoms with Gasteiger partial charge in [0, 0.05) is 11.9 Å². The van der Waals surface area contributed by atoms with Gasteiger partial charge in [-0.15, -0.1) is 0 Å². The van der Waals surface area contributed by atoms with Crippen molar-refractivity contribution < 1.29 is 14.3 Å². The average Bonchev–Trinajstić information content (AvgIpc) is 2.98. The molecule has 1 saturated carbocycles. The molecular weight excluding hydrogens is 304 g/mol. The van der Waals surface area contributed by atoms with Gasteiger partial charge in [0.05, 0.1) is 12.8 Å². The third-order valence-corrected chi connectivity index (χ3v) is 4.17. The molecule has 1 unspecified atom stereocenters. The maximum Gasteiger partial charge on any atom is 0.247 e. The van der Waals surface area contributed by atoms with Crippen LogP contribution in [0, 0.1) is 5.92 Å². The summed E-state index contributed by atoms with van der Waals surface area (Å²) in [6, 6.07) is 4.50. The number of anilines is 1. The van der Waals surface area contributed by atoms with Crippen molar-refractivity contribution in [2.75, 3.05) is 12.4 Å². The normalized spacial score (nSPS) is 16.1. The fourth-order valence-corrected chi connectivity index (χ4v) is 3.07. The van der Waals surface area contributed by atoms with E-state index in [-0.39, 0.29) is 17.7 Å². The molecule has 120 valence electrons. The van der Waals surface area contributed by atoms with Gasteiger partial charge in [-0.3, -0.25) is 9.59 Å². The Labute approximate surface area is 135 Å². The molecule has 1 aromatic rings. The van der Waals surface area contributed by atoms with Gasteiger partial charge in [0.15, 0.2) is 0 Å². The number of amides is 2. The second-order valence-corrected chi connectivity index (χ2v) is 5.99. The lowest BCUT2D eigenvalue weighted by Crippen LogP contribution is -2.47. The molecule has 5 nitrogen and oxygen atoms in total. The molecule has 1 fully saturated rings. The fraction of sp³-hybridized carbons (Fsp3) is 0.500. The van der Waals surface area contributed by atoms with E-state index in [2.05, 4.69) is 10.6 Å². The van der Waals surface area contributed by atoms with E-state index in [1.54, 1.807) is 18.2 Å². The van der Waals surface area contributed by atoms with Crippen molar-refractivity contribution >= 4 is 29.1 Å². The topological polar surface area (TPSA) is 67.4 Å². The Balaban J connectivity index is 2.16. The molecule has 2 rings (SSSR count). The number of rotatable bonds is 5. The molecular formula is C16H21ClN2O3. The Morgan fingerprint density at radius 1 is 1.32 bits per heavy atom. The van der Waals surface area contributed by atoms with Crippen molar-refractivity contribution in [1.82, 2.24) is 5.32 Å². The lowest BCUT2D eigenvalue weighted by molar-refractivity contribution is -0.126. The predicted molar refractivity (Wildman–Crippen MR) is 86.2 cm³/mol. The van der Waals surface area contributed by atoms with Gasteiger partial charge in [-0.25, -0.2) is 0 Å². The lowest BCUT2D eigenvalue weighted by atomic mass is 9.97. The van der Waals surface area contributed by atoms with Crippen molar-refractivity contribution in [3.8, 4) is 5.75 Å². The van der Waals surface area contributed by atoms with Gasteiger partial charge in [-0.05, 0) is 37.0 Å². The van der Waals surface area contributed by atoms with Crippen LogP contribution in [0.5, 0.6) is 5.75 Å². The maximum absolute atomic E-state index is 12.6. The first-order chi connectivity index (χ1) is 10.5. The predicted octanol–water partition coefficient (Wildman–Crippen LogP) is 2.98. The fourth-order valence-electron chi connectivity index (χ4n) is 2.90. The number of benzene rings is 1. The van der Waals surface area contributed by atoms with E-state index in [0.29, 0.717) is 16.5 Å². The van der Waals surface area contributed by atoms with Crippen LogP contribution in [0.15, 0.2) is 18.2 Å². The van der Waals surface area contributed by atoms with Crippen LogP contribution in [0.2, 0.25) is 5.02 Å². The van der Waals surface area contributed by atoms with E-state index in [1.165, 1.54) is 14.0 Å². The Bertz CT molecular complexity index is 556. The average molecular weight is 325 g/mol. The van der Waals surface area contributed by atoms with Gasteiger partial charge in [-0.2, -0.15) is 0 Å². The summed E-state index contributed by atoms with van der Waals surface area (Å²) in [5.74, 6) is 0.271. The second kappa shape index (κ2) is 7.49. The number of carbonyl (C=O) groups excluding carboxylic acids is 2. The molecule has 0 heterocycles. The third kappa shape index (κ3) is 4.13. The SMILES string of the molecule is COc1ccc(Cl)cc1NC(=O)C(NC(C)=O)C1CCCC1. The van der Waals surface area contributed by atoms with Crippen molar-refractivity contribution in [2.24, 2.45) is 5.92 Å². The molecule has 0 bridgehead atoms. The van der Waals surface area contributed by atoms with Crippen molar-refractivity contribution in [3.05, 3.63) is 23.2 Å². The van der Waals surface area contributed by atoms with Crippen LogP contribution in [0.25, 0.3) is 0 Å². The minimum Gasteiger partial charge on any atom is -0.495 e. The number of halogens is 1. The molecule has 1 aliphatic carbocycles. The summed E-state index contributed by atoms with van der Waals surface area (Å²) < 4.78 is 5.23. The zero-order chi connectivity index (χ0) is 16.1. The highest BCUT2D eigenvalue weighted by molar-refractivity contribution is 6.31. The van der Waals surface area contributed by atoms with Crippen LogP contribution in [-0.2, 0) is 9.59 Å². The van der Waals surface area contributed by atoms with Crippen LogP contribution >= 0.6 is 11.6 Å². The van der Waals surface area contributed by atoms with Crippen molar-refractivity contribution in [3.63, 3.8) is 0 Å². The first-order valence-corrected chi connectivity index (χ1v) is 7.80. The molecule has 1 atom stereocenters. The van der Waals surface area contributed by atoms with Crippen LogP contribution in [-0.4, -0.2) is 25.0 Å². The maximum atomic E-state index is 12.6. The molecule has 6 heteroatoms. The minimum absolute atomic E-state index is 0.175. The van der Waals surface area contributed by atoms with Crippen LogP contribution in [0.1, 0.15) is 32.6 Å². The smallest absolute Gasteiger partial charge is 0.247 e. The van der Waals surface area contributed by atoms with Gasteiger partial charge in [0.25, 0.3) is 0 Å². The molecule has 2 amide bonds. The Morgan fingerprint density at radius 3 is 2.59 bits per heavy atom. The molecule has 0 saturated heterocycles. The summed E-state index contributed by atoms with van der Waals surface area (Å²) in [6.07, 6.45) is 4.08. The molecule has 22 heavy (non-hydrogen) atoms. The second-order valence-electron chi connectivity index (χ2n) is 5.56. The molecule has 0 aromatic heterocycles. The van der Waals surface area contributed by atoms with E-state index >= 15 is 0 Å². The van der Waals surface area contributed by atoms with E-state index in [0.717, 1.165) is 25.7 Å². The summed E-state index contributed by atoms with van der Waals surface area (Å²) in [4.78, 5) is 24.0. The Hall–Kier alpha value is -1.75. The quantitative estimate of drug-likeness (QED) is 0.875. The number of ether oxygens (including phenoxy) is 1. The van der Waals surface area contributed by atoms with Gasteiger partial charge in [0.1, 0.15) is 11.8 Å². The summed E-state index contributed by atoms with van der Waals surface area (Å²) in [7, 11) is 1.53. The minimum atomic E-state index is -0.524. The van der Waals surface area contributed by atoms with Crippen LogP contribution in [0.4, 0.5) is 5.69 Å². The molecule has 1 aliphatic rings. The van der Waals surface area contributed by atoms with Crippen molar-refractivity contribution in [2.45, 2.75) is 38.6 Å². The van der Waals surface area contributed by atoms with E-state index < -0.39 is 6.04 Å². The molecule has 2 N–H and O–H groups in total. The summed E-state index contributed by atoms with van der Waals surface area (Å²) >= 11 is 5.97. The Morgan fingerprint density at radius 2 is 2.00 bits per heavy atom. The number of nitrogens with one attached hydrogen (secondary N) is 2. The molecule has 0 aliphatic heterocycles. The molecule has 0 radical (unpaired) electrons. The summed E-state index contributed by atoms with van der Waals surface area (Å²) in [6.45, 7) is 1.43. The number of hydrogen-bond acceptors (Lipinski definition) is 3. The first-order valence-electron chi connectivity index (χ1n) is 7.42. The highest BCUT2D eigenvalue weighted by Crippen LogP contribution is 2.31. The first kappa shape index (κ1) is 16.6. The molecule has 0 spiro atoms. The standard InChI is InChI=1S/C16H21ClN2O3/c1-10(20)18-15(11-5-3-4-6-11)16(21)19-13-9-12(17)7-8-14(13)22-2/h7-9,11,15H,3-6H2,1-2H3,(H,18,20)(H,19,21). The lowest BCUT2D eigenvalue weighted by Gasteiger charge is -2.23. The summed E-state index contributed by atoms with van der Waals surface area (Å²) in [5, 5.41) is 6.10. The van der Waals surface area contributed by atoms with E-state index in [4.69, 9.17) is 16.3 Å². The number of carbonyl (C=O) groups is 2. The monoisotopic (exact) mass is 324 g/mol. The zero-order valence-electron chi connectivity index (χ0n) is 12.8. The highest BCUT2D eigenvalue weighted by atomic mass is 35.5. The van der Waals surface area contributed by atoms with Gasteiger partial charge >= 0.3 is 0 Å². The van der Waals surface area contributed by atoms with Crippen molar-refractivity contribution in [1.29, 1.82) is 0 Å². The number of hydrogen-bond donors (Lipinski definition) is 2.